The van der Waals surface area contributed by atoms with Crippen LogP contribution in [-0.2, 0) is 9.59 Å². The Bertz CT molecular complexity index is 292. The SMILES string of the molecule is CC(C)CC1C(=O)NC(=O)CC12CCC2. The molecule has 2 aliphatic rings. The molecule has 0 aromatic carbocycles. The Morgan fingerprint density at radius 3 is 2.53 bits per heavy atom. The van der Waals surface area contributed by atoms with Gasteiger partial charge in [0.25, 0.3) is 0 Å². The zero-order valence-corrected chi connectivity index (χ0v) is 9.51. The van der Waals surface area contributed by atoms with Gasteiger partial charge in [-0.15, -0.1) is 0 Å². The lowest BCUT2D eigenvalue weighted by atomic mass is 9.56. The Morgan fingerprint density at radius 2 is 2.07 bits per heavy atom. The van der Waals surface area contributed by atoms with Crippen LogP contribution in [0.25, 0.3) is 0 Å². The van der Waals surface area contributed by atoms with E-state index in [1.54, 1.807) is 0 Å². The van der Waals surface area contributed by atoms with Gasteiger partial charge in [0.2, 0.25) is 11.8 Å². The largest absolute Gasteiger partial charge is 0.296 e. The van der Waals surface area contributed by atoms with Crippen LogP contribution >= 0.6 is 0 Å². The molecule has 1 aliphatic carbocycles. The first-order chi connectivity index (χ1) is 7.03. The normalized spacial score (nSPS) is 29.1. The summed E-state index contributed by atoms with van der Waals surface area (Å²) in [7, 11) is 0. The Morgan fingerprint density at radius 1 is 1.40 bits per heavy atom. The van der Waals surface area contributed by atoms with E-state index in [4.69, 9.17) is 0 Å². The maximum absolute atomic E-state index is 11.8. The van der Waals surface area contributed by atoms with Crippen LogP contribution in [0.1, 0.15) is 46.0 Å². The third-order valence-electron chi connectivity index (χ3n) is 3.89. The van der Waals surface area contributed by atoms with E-state index in [1.165, 1.54) is 6.42 Å². The van der Waals surface area contributed by atoms with Crippen LogP contribution in [0.2, 0.25) is 0 Å². The minimum atomic E-state index is -0.0697. The monoisotopic (exact) mass is 209 g/mol. The fourth-order valence-corrected chi connectivity index (χ4v) is 2.97. The zero-order chi connectivity index (χ0) is 11.1. The van der Waals surface area contributed by atoms with Crippen LogP contribution in [-0.4, -0.2) is 11.8 Å². The van der Waals surface area contributed by atoms with Crippen molar-refractivity contribution in [2.45, 2.75) is 46.0 Å². The quantitative estimate of drug-likeness (QED) is 0.706. The summed E-state index contributed by atoms with van der Waals surface area (Å²) in [4.78, 5) is 23.2. The molecule has 1 heterocycles. The molecule has 2 rings (SSSR count). The molecule has 3 nitrogen and oxygen atoms in total. The molecule has 1 N–H and O–H groups in total. The Labute approximate surface area is 90.6 Å². The second-order valence-corrected chi connectivity index (χ2v) is 5.49. The summed E-state index contributed by atoms with van der Waals surface area (Å²) in [6, 6.07) is 0. The number of amides is 2. The van der Waals surface area contributed by atoms with E-state index in [2.05, 4.69) is 19.2 Å². The van der Waals surface area contributed by atoms with Crippen LogP contribution in [0.3, 0.4) is 0 Å². The van der Waals surface area contributed by atoms with Crippen molar-refractivity contribution in [3.8, 4) is 0 Å². The summed E-state index contributed by atoms with van der Waals surface area (Å²) in [5, 5.41) is 2.48. The number of hydrogen-bond donors (Lipinski definition) is 1. The maximum atomic E-state index is 11.8. The molecule has 2 fully saturated rings. The Kier molecular flexibility index (Phi) is 2.57. The second-order valence-electron chi connectivity index (χ2n) is 5.49. The minimum Gasteiger partial charge on any atom is -0.296 e. The second kappa shape index (κ2) is 3.62. The van der Waals surface area contributed by atoms with E-state index in [9.17, 15) is 9.59 Å². The molecule has 2 amide bonds. The highest BCUT2D eigenvalue weighted by atomic mass is 16.2. The molecule has 1 unspecified atom stereocenters. The van der Waals surface area contributed by atoms with Gasteiger partial charge in [0, 0.05) is 12.3 Å². The molecule has 84 valence electrons. The topological polar surface area (TPSA) is 46.2 Å². The molecule has 0 aromatic heterocycles. The van der Waals surface area contributed by atoms with Gasteiger partial charge in [-0.25, -0.2) is 0 Å². The fraction of sp³-hybridized carbons (Fsp3) is 0.833. The smallest absolute Gasteiger partial charge is 0.230 e. The third-order valence-corrected chi connectivity index (χ3v) is 3.89. The average molecular weight is 209 g/mol. The van der Waals surface area contributed by atoms with Crippen LogP contribution in [0, 0.1) is 17.3 Å². The van der Waals surface area contributed by atoms with Gasteiger partial charge in [0.05, 0.1) is 0 Å². The highest BCUT2D eigenvalue weighted by Gasteiger charge is 2.51. The molecular weight excluding hydrogens is 190 g/mol. The van der Waals surface area contributed by atoms with E-state index in [0.717, 1.165) is 19.3 Å². The predicted octanol–water partition coefficient (Wildman–Crippen LogP) is 1.87. The standard InChI is InChI=1S/C12H19NO2/c1-8(2)6-9-11(15)13-10(14)7-12(9)4-3-5-12/h8-9H,3-7H2,1-2H3,(H,13,14,15). The van der Waals surface area contributed by atoms with Crippen LogP contribution in [0.4, 0.5) is 0 Å². The highest BCUT2D eigenvalue weighted by molar-refractivity contribution is 5.99. The number of carbonyl (C=O) groups is 2. The molecule has 0 aromatic rings. The molecule has 1 saturated heterocycles. The molecular formula is C12H19NO2. The molecule has 3 heteroatoms. The van der Waals surface area contributed by atoms with Crippen LogP contribution in [0.15, 0.2) is 0 Å². The summed E-state index contributed by atoms with van der Waals surface area (Å²) in [6.45, 7) is 4.27. The van der Waals surface area contributed by atoms with Gasteiger partial charge >= 0.3 is 0 Å². The first-order valence-electron chi connectivity index (χ1n) is 5.87. The lowest BCUT2D eigenvalue weighted by Gasteiger charge is -2.49. The lowest BCUT2D eigenvalue weighted by Crippen LogP contribution is -2.55. The van der Waals surface area contributed by atoms with Crippen molar-refractivity contribution < 1.29 is 9.59 Å². The van der Waals surface area contributed by atoms with Crippen molar-refractivity contribution in [1.82, 2.24) is 5.32 Å². The van der Waals surface area contributed by atoms with Crippen molar-refractivity contribution >= 4 is 11.8 Å². The minimum absolute atomic E-state index is 0.0281. The predicted molar refractivity (Wildman–Crippen MR) is 57.0 cm³/mol. The molecule has 0 bridgehead atoms. The first kappa shape index (κ1) is 10.7. The van der Waals surface area contributed by atoms with Gasteiger partial charge in [-0.2, -0.15) is 0 Å². The highest BCUT2D eigenvalue weighted by Crippen LogP contribution is 2.53. The number of hydrogen-bond acceptors (Lipinski definition) is 2. The number of imide groups is 1. The zero-order valence-electron chi connectivity index (χ0n) is 9.51. The van der Waals surface area contributed by atoms with Gasteiger partial charge in [-0.3, -0.25) is 14.9 Å². The van der Waals surface area contributed by atoms with Gasteiger partial charge in [0.15, 0.2) is 0 Å². The molecule has 1 atom stereocenters. The van der Waals surface area contributed by atoms with E-state index < -0.39 is 0 Å². The average Bonchev–Trinajstić information content (AvgIpc) is 2.06. The first-order valence-corrected chi connectivity index (χ1v) is 5.87. The van der Waals surface area contributed by atoms with Crippen molar-refractivity contribution in [3.63, 3.8) is 0 Å². The molecule has 0 radical (unpaired) electrons. The number of piperidine rings is 1. The summed E-state index contributed by atoms with van der Waals surface area (Å²) in [5.74, 6) is 0.495. The van der Waals surface area contributed by atoms with Crippen molar-refractivity contribution in [2.24, 2.45) is 17.3 Å². The molecule has 15 heavy (non-hydrogen) atoms. The lowest BCUT2D eigenvalue weighted by molar-refractivity contribution is -0.149. The summed E-state index contributed by atoms with van der Waals surface area (Å²) in [5.41, 5.74) is 0.0314. The fourth-order valence-electron chi connectivity index (χ4n) is 2.97. The molecule has 1 spiro atoms. The third kappa shape index (κ3) is 1.80. The molecule has 1 aliphatic heterocycles. The van der Waals surface area contributed by atoms with Gasteiger partial charge in [-0.1, -0.05) is 20.3 Å². The maximum Gasteiger partial charge on any atom is 0.230 e. The molecule has 1 saturated carbocycles. The number of carbonyl (C=O) groups excluding carboxylic acids is 2. The van der Waals surface area contributed by atoms with E-state index in [-0.39, 0.29) is 23.1 Å². The van der Waals surface area contributed by atoms with Crippen molar-refractivity contribution in [3.05, 3.63) is 0 Å². The number of rotatable bonds is 2. The van der Waals surface area contributed by atoms with Crippen LogP contribution < -0.4 is 5.32 Å². The Hall–Kier alpha value is -0.860. The summed E-state index contributed by atoms with van der Waals surface area (Å²) < 4.78 is 0. The van der Waals surface area contributed by atoms with E-state index in [1.807, 2.05) is 0 Å². The van der Waals surface area contributed by atoms with Crippen molar-refractivity contribution in [2.75, 3.05) is 0 Å². The van der Waals surface area contributed by atoms with Gasteiger partial charge in [0.1, 0.15) is 0 Å². The van der Waals surface area contributed by atoms with Gasteiger partial charge < -0.3 is 0 Å². The van der Waals surface area contributed by atoms with Crippen molar-refractivity contribution in [1.29, 1.82) is 0 Å². The van der Waals surface area contributed by atoms with Gasteiger partial charge in [-0.05, 0) is 30.6 Å². The van der Waals surface area contributed by atoms with E-state index >= 15 is 0 Å². The number of nitrogens with one attached hydrogen (secondary N) is 1. The Balaban J connectivity index is 2.16. The van der Waals surface area contributed by atoms with Crippen LogP contribution in [0.5, 0.6) is 0 Å². The summed E-state index contributed by atoms with van der Waals surface area (Å²) in [6.07, 6.45) is 4.78. The summed E-state index contributed by atoms with van der Waals surface area (Å²) >= 11 is 0. The van der Waals surface area contributed by atoms with E-state index in [0.29, 0.717) is 12.3 Å².